The van der Waals surface area contributed by atoms with Gasteiger partial charge in [-0.1, -0.05) is 54.4 Å². The van der Waals surface area contributed by atoms with Gasteiger partial charge in [0.05, 0.1) is 0 Å². The zero-order valence-corrected chi connectivity index (χ0v) is 23.3. The normalized spacial score (nSPS) is 37.9. The second kappa shape index (κ2) is 16.1. The third-order valence-electron chi connectivity index (χ3n) is 9.72. The van der Waals surface area contributed by atoms with Gasteiger partial charge in [0.25, 0.3) is 0 Å². The van der Waals surface area contributed by atoms with Crippen LogP contribution in [0.25, 0.3) is 0 Å². The lowest BCUT2D eigenvalue weighted by Crippen LogP contribution is -2.52. The molecule has 0 heterocycles. The molecule has 4 aliphatic rings. The summed E-state index contributed by atoms with van der Waals surface area (Å²) < 4.78 is 0. The van der Waals surface area contributed by atoms with Crippen molar-refractivity contribution >= 4 is 5.97 Å². The van der Waals surface area contributed by atoms with Gasteiger partial charge in [0.1, 0.15) is 0 Å². The van der Waals surface area contributed by atoms with E-state index in [1.807, 2.05) is 27.7 Å². The minimum absolute atomic E-state index is 0.364. The van der Waals surface area contributed by atoms with Crippen LogP contribution < -0.4 is 0 Å². The van der Waals surface area contributed by atoms with Crippen LogP contribution in [0.5, 0.6) is 0 Å². The van der Waals surface area contributed by atoms with Gasteiger partial charge in [0.15, 0.2) is 0 Å². The fourth-order valence-electron chi connectivity index (χ4n) is 8.38. The summed E-state index contributed by atoms with van der Waals surface area (Å²) >= 11 is 0. The summed E-state index contributed by atoms with van der Waals surface area (Å²) in [4.78, 5) is 10.9. The lowest BCUT2D eigenvalue weighted by atomic mass is 9.45. The van der Waals surface area contributed by atoms with E-state index in [1.165, 1.54) is 64.2 Å². The predicted octanol–water partition coefficient (Wildman–Crippen LogP) is 7.56. The van der Waals surface area contributed by atoms with Gasteiger partial charge in [0.2, 0.25) is 0 Å². The van der Waals surface area contributed by atoms with Gasteiger partial charge in [-0.15, -0.1) is 0 Å². The van der Waals surface area contributed by atoms with E-state index in [2.05, 4.69) is 13.8 Å². The number of aliphatic hydroxyl groups excluding tert-OH is 2. The number of fused-ring (bicyclic) bond motifs is 5. The topological polar surface area (TPSA) is 77.8 Å². The molecular weight excluding hydrogens is 412 g/mol. The van der Waals surface area contributed by atoms with Gasteiger partial charge in [-0.05, 0) is 105 Å². The van der Waals surface area contributed by atoms with Crippen molar-refractivity contribution in [3.63, 3.8) is 0 Å². The SMILES string of the molecule is CC.CC.CC12CCCCC1CCC1C2CCC2(C)C(CCCC(=O)O)CCC12.CO.CO. The van der Waals surface area contributed by atoms with Gasteiger partial charge >= 0.3 is 5.97 Å². The largest absolute Gasteiger partial charge is 0.481 e. The first-order valence-corrected chi connectivity index (χ1v) is 14.1. The van der Waals surface area contributed by atoms with Gasteiger partial charge in [-0.25, -0.2) is 0 Å². The molecule has 198 valence electrons. The summed E-state index contributed by atoms with van der Waals surface area (Å²) in [5, 5.41) is 23.0. The molecule has 4 saturated carbocycles. The van der Waals surface area contributed by atoms with Crippen LogP contribution in [-0.4, -0.2) is 35.5 Å². The third-order valence-corrected chi connectivity index (χ3v) is 9.72. The Morgan fingerprint density at radius 3 is 1.97 bits per heavy atom. The average molecular weight is 471 g/mol. The van der Waals surface area contributed by atoms with Crippen molar-refractivity contribution in [1.82, 2.24) is 0 Å². The number of aliphatic carboxylic acids is 1. The number of carboxylic acid groups (broad SMARTS) is 1. The molecule has 4 rings (SSSR count). The molecule has 0 aliphatic heterocycles. The highest BCUT2D eigenvalue weighted by Crippen LogP contribution is 2.67. The number of hydrogen-bond acceptors (Lipinski definition) is 3. The molecule has 0 aromatic carbocycles. The lowest BCUT2D eigenvalue weighted by Gasteiger charge is -2.60. The molecule has 0 spiro atoms. The van der Waals surface area contributed by atoms with E-state index in [9.17, 15) is 4.79 Å². The van der Waals surface area contributed by atoms with Crippen LogP contribution in [0.2, 0.25) is 0 Å². The molecule has 4 heteroatoms. The molecule has 0 aromatic heterocycles. The number of carbonyl (C=O) groups is 1. The van der Waals surface area contributed by atoms with Crippen LogP contribution in [-0.2, 0) is 4.79 Å². The Balaban J connectivity index is 0.00000116. The highest BCUT2D eigenvalue weighted by molar-refractivity contribution is 5.66. The van der Waals surface area contributed by atoms with Crippen molar-refractivity contribution in [2.24, 2.45) is 40.4 Å². The Morgan fingerprint density at radius 1 is 0.758 bits per heavy atom. The lowest BCUT2D eigenvalue weighted by molar-refractivity contribution is -0.137. The highest BCUT2D eigenvalue weighted by atomic mass is 16.4. The summed E-state index contributed by atoms with van der Waals surface area (Å²) in [7, 11) is 2.00. The van der Waals surface area contributed by atoms with Crippen LogP contribution in [0.3, 0.4) is 0 Å². The van der Waals surface area contributed by atoms with E-state index in [-0.39, 0.29) is 0 Å². The van der Waals surface area contributed by atoms with Crippen molar-refractivity contribution in [1.29, 1.82) is 0 Å². The van der Waals surface area contributed by atoms with E-state index in [1.54, 1.807) is 0 Å². The molecule has 4 fully saturated rings. The molecule has 7 atom stereocenters. The van der Waals surface area contributed by atoms with E-state index < -0.39 is 5.97 Å². The Labute approximate surface area is 206 Å². The first kappa shape index (κ1) is 32.4. The molecule has 4 aliphatic carbocycles. The van der Waals surface area contributed by atoms with Gasteiger partial charge in [0, 0.05) is 20.6 Å². The first-order chi connectivity index (χ1) is 15.9. The maximum absolute atomic E-state index is 10.9. The number of carboxylic acids is 1. The average Bonchev–Trinajstić information content (AvgIpc) is 3.20. The number of rotatable bonds is 4. The van der Waals surface area contributed by atoms with E-state index in [4.69, 9.17) is 15.3 Å². The summed E-state index contributed by atoms with van der Waals surface area (Å²) in [6.45, 7) is 13.2. The van der Waals surface area contributed by atoms with Crippen molar-refractivity contribution < 1.29 is 20.1 Å². The maximum atomic E-state index is 10.9. The molecule has 0 aromatic rings. The summed E-state index contributed by atoms with van der Waals surface area (Å²) in [6.07, 6.45) is 17.0. The molecule has 3 N–H and O–H groups in total. The molecule has 4 nitrogen and oxygen atoms in total. The second-order valence-corrected chi connectivity index (χ2v) is 10.5. The molecule has 0 amide bonds. The van der Waals surface area contributed by atoms with E-state index in [0.29, 0.717) is 17.3 Å². The molecule has 33 heavy (non-hydrogen) atoms. The van der Waals surface area contributed by atoms with Crippen molar-refractivity contribution in [2.45, 2.75) is 125 Å². The third kappa shape index (κ3) is 7.19. The number of hydrogen-bond donors (Lipinski definition) is 3. The maximum Gasteiger partial charge on any atom is 0.303 e. The van der Waals surface area contributed by atoms with Crippen LogP contribution in [0.15, 0.2) is 0 Å². The standard InChI is InChI=1S/C23H38O2.2C2H6.2CH4O/c1-22-14-4-3-6-16(22)9-11-18-19-12-10-17(7-5-8-21(24)25)23(19,2)15-13-20(18)22;4*1-2/h16-20H,3-15H2,1-2H3,(H,24,25);2*1-2H3;2*2H,1H3. The van der Waals surface area contributed by atoms with Crippen molar-refractivity contribution in [2.75, 3.05) is 14.2 Å². The van der Waals surface area contributed by atoms with Crippen LogP contribution in [0, 0.1) is 40.4 Å². The molecule has 0 saturated heterocycles. The molecular formula is C29H58O4. The predicted molar refractivity (Wildman–Crippen MR) is 140 cm³/mol. The minimum Gasteiger partial charge on any atom is -0.481 e. The van der Waals surface area contributed by atoms with Crippen LogP contribution in [0.1, 0.15) is 125 Å². The van der Waals surface area contributed by atoms with Crippen molar-refractivity contribution in [3.8, 4) is 0 Å². The zero-order chi connectivity index (χ0) is 25.7. The minimum atomic E-state index is -0.619. The monoisotopic (exact) mass is 470 g/mol. The van der Waals surface area contributed by atoms with Gasteiger partial charge < -0.3 is 15.3 Å². The Bertz CT molecular complexity index is 522. The van der Waals surface area contributed by atoms with Crippen molar-refractivity contribution in [3.05, 3.63) is 0 Å². The molecule has 0 bridgehead atoms. The molecule has 0 radical (unpaired) electrons. The first-order valence-electron chi connectivity index (χ1n) is 14.1. The molecule has 7 unspecified atom stereocenters. The Hall–Kier alpha value is -0.610. The van der Waals surface area contributed by atoms with Crippen LogP contribution >= 0.6 is 0 Å². The Morgan fingerprint density at radius 2 is 1.36 bits per heavy atom. The zero-order valence-electron chi connectivity index (χ0n) is 23.3. The summed E-state index contributed by atoms with van der Waals surface area (Å²) in [6, 6.07) is 0. The quantitative estimate of drug-likeness (QED) is 0.396. The van der Waals surface area contributed by atoms with E-state index >= 15 is 0 Å². The fourth-order valence-corrected chi connectivity index (χ4v) is 8.38. The second-order valence-electron chi connectivity index (χ2n) is 10.5. The highest BCUT2D eigenvalue weighted by Gasteiger charge is 2.59. The summed E-state index contributed by atoms with van der Waals surface area (Å²) in [5.74, 6) is 4.08. The smallest absolute Gasteiger partial charge is 0.303 e. The summed E-state index contributed by atoms with van der Waals surface area (Å²) in [5.41, 5.74) is 1.15. The van der Waals surface area contributed by atoms with E-state index in [0.717, 1.165) is 56.7 Å². The van der Waals surface area contributed by atoms with Crippen LogP contribution in [0.4, 0.5) is 0 Å². The Kier molecular flexibility index (Phi) is 15.8. The fraction of sp³-hybridized carbons (Fsp3) is 0.966. The van der Waals surface area contributed by atoms with Gasteiger partial charge in [-0.3, -0.25) is 4.79 Å². The number of aliphatic hydroxyl groups is 2. The van der Waals surface area contributed by atoms with Gasteiger partial charge in [-0.2, -0.15) is 0 Å².